The summed E-state index contributed by atoms with van der Waals surface area (Å²) in [6, 6.07) is 11.1. The highest BCUT2D eigenvalue weighted by atomic mass is 35.5. The first kappa shape index (κ1) is 17.9. The second-order valence-corrected chi connectivity index (χ2v) is 6.43. The van der Waals surface area contributed by atoms with Gasteiger partial charge >= 0.3 is 0 Å². The third-order valence-electron chi connectivity index (χ3n) is 4.11. The molecule has 0 fully saturated rings. The van der Waals surface area contributed by atoms with Gasteiger partial charge in [-0.3, -0.25) is 4.79 Å². The fourth-order valence-electron chi connectivity index (χ4n) is 2.60. The van der Waals surface area contributed by atoms with E-state index in [2.05, 4.69) is 15.6 Å². The van der Waals surface area contributed by atoms with Gasteiger partial charge in [0, 0.05) is 5.02 Å². The maximum Gasteiger partial charge on any atom is 0.278 e. The van der Waals surface area contributed by atoms with Crippen molar-refractivity contribution in [3.8, 4) is 11.4 Å². The molecule has 0 saturated heterocycles. The number of methoxy groups -OCH3 is 1. The monoisotopic (exact) mass is 370 g/mol. The molecule has 0 aliphatic heterocycles. The largest absolute Gasteiger partial charge is 0.495 e. The van der Waals surface area contributed by atoms with Gasteiger partial charge in [0.15, 0.2) is 5.69 Å². The number of aryl methyl sites for hydroxylation is 2. The van der Waals surface area contributed by atoms with Crippen LogP contribution in [0.1, 0.15) is 27.3 Å². The number of rotatable bonds is 4. The number of carbonyl (C=O) groups is 1. The third-order valence-corrected chi connectivity index (χ3v) is 4.52. The van der Waals surface area contributed by atoms with Gasteiger partial charge in [0.05, 0.1) is 24.2 Å². The molecule has 0 spiro atoms. The average molecular weight is 371 g/mol. The summed E-state index contributed by atoms with van der Waals surface area (Å²) in [4.78, 5) is 12.7. The summed E-state index contributed by atoms with van der Waals surface area (Å²) in [5.41, 5.74) is 4.18. The van der Waals surface area contributed by atoms with Crippen molar-refractivity contribution >= 4 is 23.2 Å². The summed E-state index contributed by atoms with van der Waals surface area (Å²) in [6.45, 7) is 5.66. The molecule has 2 aromatic carbocycles. The van der Waals surface area contributed by atoms with Crippen molar-refractivity contribution in [1.29, 1.82) is 0 Å². The van der Waals surface area contributed by atoms with Gasteiger partial charge < -0.3 is 10.1 Å². The molecule has 0 bridgehead atoms. The molecule has 1 N–H and O–H groups in total. The smallest absolute Gasteiger partial charge is 0.278 e. The van der Waals surface area contributed by atoms with Gasteiger partial charge in [-0.05, 0) is 56.2 Å². The van der Waals surface area contributed by atoms with Crippen LogP contribution in [0, 0.1) is 20.8 Å². The first-order valence-electron chi connectivity index (χ1n) is 8.05. The van der Waals surface area contributed by atoms with Crippen LogP contribution in [-0.2, 0) is 0 Å². The fourth-order valence-corrected chi connectivity index (χ4v) is 2.77. The highest BCUT2D eigenvalue weighted by molar-refractivity contribution is 6.31. The molecule has 3 rings (SSSR count). The molecule has 0 aliphatic carbocycles. The average Bonchev–Trinajstić information content (AvgIpc) is 2.99. The lowest BCUT2D eigenvalue weighted by atomic mass is 10.2. The normalized spacial score (nSPS) is 10.7. The Morgan fingerprint density at radius 3 is 2.62 bits per heavy atom. The third kappa shape index (κ3) is 3.41. The van der Waals surface area contributed by atoms with E-state index in [1.807, 2.05) is 44.2 Å². The van der Waals surface area contributed by atoms with Crippen LogP contribution in [-0.4, -0.2) is 28.0 Å². The zero-order valence-corrected chi connectivity index (χ0v) is 15.8. The van der Waals surface area contributed by atoms with Crippen molar-refractivity contribution in [3.05, 3.63) is 63.9 Å². The molecule has 0 atom stereocenters. The van der Waals surface area contributed by atoms with Gasteiger partial charge in [-0.2, -0.15) is 0 Å². The number of hydrogen-bond donors (Lipinski definition) is 1. The number of nitrogens with zero attached hydrogens (tertiary/aromatic N) is 3. The predicted octanol–water partition coefficient (Wildman–Crippen LogP) is 4.11. The van der Waals surface area contributed by atoms with E-state index in [-0.39, 0.29) is 11.6 Å². The Morgan fingerprint density at radius 1 is 1.15 bits per heavy atom. The molecular weight excluding hydrogens is 352 g/mol. The quantitative estimate of drug-likeness (QED) is 0.750. The molecule has 1 aromatic heterocycles. The number of benzene rings is 2. The van der Waals surface area contributed by atoms with E-state index in [4.69, 9.17) is 16.3 Å². The summed E-state index contributed by atoms with van der Waals surface area (Å²) in [5.74, 6) is 0.232. The molecule has 134 valence electrons. The molecule has 1 amide bonds. The minimum Gasteiger partial charge on any atom is -0.495 e. The van der Waals surface area contributed by atoms with E-state index in [9.17, 15) is 4.79 Å². The number of anilines is 1. The molecule has 0 radical (unpaired) electrons. The van der Waals surface area contributed by atoms with Crippen molar-refractivity contribution in [3.63, 3.8) is 0 Å². The van der Waals surface area contributed by atoms with Crippen LogP contribution in [0.5, 0.6) is 5.75 Å². The van der Waals surface area contributed by atoms with Crippen molar-refractivity contribution in [2.75, 3.05) is 12.4 Å². The molecule has 1 heterocycles. The minimum atomic E-state index is -0.351. The van der Waals surface area contributed by atoms with Gasteiger partial charge in [-0.15, -0.1) is 5.10 Å². The van der Waals surface area contributed by atoms with E-state index in [0.29, 0.717) is 22.2 Å². The second kappa shape index (κ2) is 7.17. The Balaban J connectivity index is 1.91. The predicted molar refractivity (Wildman–Crippen MR) is 102 cm³/mol. The van der Waals surface area contributed by atoms with E-state index in [1.54, 1.807) is 24.8 Å². The van der Waals surface area contributed by atoms with Crippen LogP contribution < -0.4 is 10.1 Å². The van der Waals surface area contributed by atoms with Gasteiger partial charge in [0.1, 0.15) is 5.75 Å². The van der Waals surface area contributed by atoms with E-state index in [1.165, 1.54) is 0 Å². The van der Waals surface area contributed by atoms with E-state index < -0.39 is 0 Å². The summed E-state index contributed by atoms with van der Waals surface area (Å²) >= 11 is 6.19. The number of nitrogens with one attached hydrogen (secondary N) is 1. The molecular formula is C19H19ClN4O2. The van der Waals surface area contributed by atoms with Crippen molar-refractivity contribution < 1.29 is 9.53 Å². The number of amides is 1. The molecule has 0 saturated carbocycles. The van der Waals surface area contributed by atoms with Gasteiger partial charge in [-0.25, -0.2) is 4.68 Å². The number of ether oxygens (including phenoxy) is 1. The first-order valence-corrected chi connectivity index (χ1v) is 8.43. The Labute approximate surface area is 156 Å². The minimum absolute atomic E-state index is 0.241. The lowest BCUT2D eigenvalue weighted by Crippen LogP contribution is -2.15. The topological polar surface area (TPSA) is 69.0 Å². The van der Waals surface area contributed by atoms with Crippen molar-refractivity contribution in [2.24, 2.45) is 0 Å². The summed E-state index contributed by atoms with van der Waals surface area (Å²) in [6.07, 6.45) is 0. The van der Waals surface area contributed by atoms with E-state index >= 15 is 0 Å². The highest BCUT2D eigenvalue weighted by Gasteiger charge is 2.19. The van der Waals surface area contributed by atoms with Crippen LogP contribution in [0.3, 0.4) is 0 Å². The van der Waals surface area contributed by atoms with E-state index in [0.717, 1.165) is 16.8 Å². The molecule has 26 heavy (non-hydrogen) atoms. The maximum absolute atomic E-state index is 12.7. The zero-order valence-electron chi connectivity index (χ0n) is 15.0. The van der Waals surface area contributed by atoms with Gasteiger partial charge in [0.2, 0.25) is 0 Å². The number of halogens is 1. The maximum atomic E-state index is 12.7. The SMILES string of the molecule is COc1ccc(C)cc1NC(=O)c1nnn(-c2ccc(C)c(Cl)c2)c1C. The van der Waals surface area contributed by atoms with Crippen LogP contribution in [0.15, 0.2) is 36.4 Å². The van der Waals surface area contributed by atoms with Gasteiger partial charge in [0.25, 0.3) is 5.91 Å². The van der Waals surface area contributed by atoms with Crippen molar-refractivity contribution in [1.82, 2.24) is 15.0 Å². The van der Waals surface area contributed by atoms with Crippen LogP contribution >= 0.6 is 11.6 Å². The van der Waals surface area contributed by atoms with Crippen molar-refractivity contribution in [2.45, 2.75) is 20.8 Å². The summed E-state index contributed by atoms with van der Waals surface area (Å²) < 4.78 is 6.89. The summed E-state index contributed by atoms with van der Waals surface area (Å²) in [5, 5.41) is 11.6. The number of aromatic nitrogens is 3. The highest BCUT2D eigenvalue weighted by Crippen LogP contribution is 2.26. The standard InChI is InChI=1S/C19H19ClN4O2/c1-11-5-8-17(26-4)16(9-11)21-19(25)18-13(3)24(23-22-18)14-7-6-12(2)15(20)10-14/h5-10H,1-4H3,(H,21,25). The Bertz CT molecular complexity index is 982. The van der Waals surface area contributed by atoms with Crippen LogP contribution in [0.4, 0.5) is 5.69 Å². The Kier molecular flexibility index (Phi) is 4.95. The second-order valence-electron chi connectivity index (χ2n) is 6.03. The lowest BCUT2D eigenvalue weighted by Gasteiger charge is -2.10. The number of hydrogen-bond acceptors (Lipinski definition) is 4. The Morgan fingerprint density at radius 2 is 1.92 bits per heavy atom. The fraction of sp³-hybridized carbons (Fsp3) is 0.211. The first-order chi connectivity index (χ1) is 12.4. The molecule has 0 aliphatic rings. The molecule has 0 unspecified atom stereocenters. The Hall–Kier alpha value is -2.86. The van der Waals surface area contributed by atoms with Crippen LogP contribution in [0.2, 0.25) is 5.02 Å². The van der Waals surface area contributed by atoms with Crippen LogP contribution in [0.25, 0.3) is 5.69 Å². The van der Waals surface area contributed by atoms with Gasteiger partial charge in [-0.1, -0.05) is 28.9 Å². The lowest BCUT2D eigenvalue weighted by molar-refractivity contribution is 0.102. The summed E-state index contributed by atoms with van der Waals surface area (Å²) in [7, 11) is 1.56. The molecule has 6 nitrogen and oxygen atoms in total. The number of carbonyl (C=O) groups excluding carboxylic acids is 1. The molecule has 7 heteroatoms. The molecule has 3 aromatic rings. The zero-order chi connectivity index (χ0) is 18.8.